The quantitative estimate of drug-likeness (QED) is 0.926. The topological polar surface area (TPSA) is 43.3 Å². The molecule has 1 spiro atoms. The van der Waals surface area contributed by atoms with Crippen molar-refractivity contribution in [2.45, 2.75) is 43.7 Å². The number of benzene rings is 1. The molecule has 2 aromatic rings. The highest BCUT2D eigenvalue weighted by molar-refractivity contribution is 6.07. The van der Waals surface area contributed by atoms with Crippen LogP contribution in [0.15, 0.2) is 30.5 Å². The first-order chi connectivity index (χ1) is 10.7. The summed E-state index contributed by atoms with van der Waals surface area (Å²) in [6, 6.07) is 8.17. The van der Waals surface area contributed by atoms with Crippen LogP contribution in [0.2, 0.25) is 0 Å². The minimum atomic E-state index is 0.0143. The zero-order chi connectivity index (χ0) is 15.2. The Hall–Kier alpha value is -1.81. The predicted molar refractivity (Wildman–Crippen MR) is 85.9 cm³/mol. The van der Waals surface area contributed by atoms with Crippen molar-refractivity contribution in [2.75, 3.05) is 6.61 Å². The summed E-state index contributed by atoms with van der Waals surface area (Å²) in [5.74, 6) is 0.0143. The van der Waals surface area contributed by atoms with E-state index in [0.29, 0.717) is 6.61 Å². The lowest BCUT2D eigenvalue weighted by Crippen LogP contribution is -2.36. The van der Waals surface area contributed by atoms with E-state index in [1.54, 1.807) is 0 Å². The average molecular weight is 298 g/mol. The number of para-hydroxylation sites is 1. The van der Waals surface area contributed by atoms with Crippen molar-refractivity contribution >= 4 is 16.8 Å². The molecule has 22 heavy (non-hydrogen) atoms. The highest BCUT2D eigenvalue weighted by Gasteiger charge is 2.42. The van der Waals surface area contributed by atoms with Crippen molar-refractivity contribution < 1.29 is 9.53 Å². The summed E-state index contributed by atoms with van der Waals surface area (Å²) in [4.78, 5) is 12.7. The molecule has 1 aromatic heterocycles. The van der Waals surface area contributed by atoms with Gasteiger partial charge in [-0.05, 0) is 25.3 Å². The summed E-state index contributed by atoms with van der Waals surface area (Å²) in [6.07, 6.45) is 7.68. The van der Waals surface area contributed by atoms with Gasteiger partial charge in [-0.1, -0.05) is 31.0 Å². The zero-order valence-corrected chi connectivity index (χ0v) is 13.0. The summed E-state index contributed by atoms with van der Waals surface area (Å²) in [7, 11) is 1.98. The molecule has 1 aliphatic carbocycles. The van der Waals surface area contributed by atoms with E-state index in [2.05, 4.69) is 5.32 Å². The van der Waals surface area contributed by atoms with Gasteiger partial charge in [-0.25, -0.2) is 0 Å². The molecule has 2 aliphatic rings. The van der Waals surface area contributed by atoms with Crippen LogP contribution < -0.4 is 5.32 Å². The fourth-order valence-electron chi connectivity index (χ4n) is 4.09. The van der Waals surface area contributed by atoms with E-state index >= 15 is 0 Å². The first kappa shape index (κ1) is 13.8. The Morgan fingerprint density at radius 3 is 2.91 bits per heavy atom. The Morgan fingerprint density at radius 2 is 2.09 bits per heavy atom. The number of aromatic nitrogens is 1. The minimum Gasteiger partial charge on any atom is -0.373 e. The monoisotopic (exact) mass is 298 g/mol. The minimum absolute atomic E-state index is 0.0143. The van der Waals surface area contributed by atoms with Crippen LogP contribution in [-0.2, 0) is 11.8 Å². The Bertz CT molecular complexity index is 713. The fraction of sp³-hybridized carbons (Fsp3) is 0.500. The first-order valence-electron chi connectivity index (χ1n) is 8.16. The third-order valence-corrected chi connectivity index (χ3v) is 5.20. The van der Waals surface area contributed by atoms with Crippen molar-refractivity contribution in [2.24, 2.45) is 7.05 Å². The van der Waals surface area contributed by atoms with Crippen molar-refractivity contribution in [1.82, 2.24) is 9.88 Å². The normalized spacial score (nSPS) is 23.4. The maximum atomic E-state index is 12.7. The number of nitrogens with zero attached hydrogens (tertiary/aromatic N) is 1. The number of aryl methyl sites for hydroxylation is 1. The van der Waals surface area contributed by atoms with Crippen LogP contribution in [-0.4, -0.2) is 28.7 Å². The molecule has 1 amide bonds. The van der Waals surface area contributed by atoms with Gasteiger partial charge in [0, 0.05) is 24.1 Å². The summed E-state index contributed by atoms with van der Waals surface area (Å²) in [5, 5.41) is 4.19. The zero-order valence-electron chi connectivity index (χ0n) is 13.0. The molecule has 1 aliphatic heterocycles. The molecule has 1 saturated carbocycles. The van der Waals surface area contributed by atoms with Gasteiger partial charge in [0.05, 0.1) is 23.8 Å². The molecule has 0 bridgehead atoms. The second-order valence-corrected chi connectivity index (χ2v) is 6.75. The second kappa shape index (κ2) is 5.13. The van der Waals surface area contributed by atoms with E-state index in [1.807, 2.05) is 42.1 Å². The number of carbonyl (C=O) groups excluding carboxylic acids is 1. The number of fused-ring (bicyclic) bond motifs is 1. The molecule has 0 unspecified atom stereocenters. The maximum absolute atomic E-state index is 12.7. The first-order valence-corrected chi connectivity index (χ1v) is 8.16. The van der Waals surface area contributed by atoms with Crippen molar-refractivity contribution in [3.05, 3.63) is 36.0 Å². The van der Waals surface area contributed by atoms with E-state index in [1.165, 1.54) is 12.8 Å². The van der Waals surface area contributed by atoms with Gasteiger partial charge < -0.3 is 14.6 Å². The molecule has 116 valence electrons. The molecule has 4 nitrogen and oxygen atoms in total. The summed E-state index contributed by atoms with van der Waals surface area (Å²) in [6.45, 7) is 0.649. The molecular formula is C18H22N2O2. The molecule has 1 N–H and O–H groups in total. The van der Waals surface area contributed by atoms with Crippen LogP contribution in [0.1, 0.15) is 42.5 Å². The van der Waals surface area contributed by atoms with Crippen LogP contribution >= 0.6 is 0 Å². The predicted octanol–water partition coefficient (Wildman–Crippen LogP) is 3.01. The van der Waals surface area contributed by atoms with Crippen LogP contribution in [0.4, 0.5) is 0 Å². The number of hydrogen-bond donors (Lipinski definition) is 1. The molecule has 1 atom stereocenters. The third-order valence-electron chi connectivity index (χ3n) is 5.20. The molecule has 1 aromatic carbocycles. The maximum Gasteiger partial charge on any atom is 0.253 e. The Labute approximate surface area is 130 Å². The number of amides is 1. The van der Waals surface area contributed by atoms with Crippen molar-refractivity contribution in [3.8, 4) is 0 Å². The molecule has 1 saturated heterocycles. The second-order valence-electron chi connectivity index (χ2n) is 6.75. The van der Waals surface area contributed by atoms with E-state index in [4.69, 9.17) is 4.74 Å². The number of nitrogens with one attached hydrogen (secondary N) is 1. The van der Waals surface area contributed by atoms with Gasteiger partial charge in [-0.15, -0.1) is 0 Å². The lowest BCUT2D eigenvalue weighted by atomic mass is 9.96. The number of ether oxygens (including phenoxy) is 1. The highest BCUT2D eigenvalue weighted by Crippen LogP contribution is 2.40. The average Bonchev–Trinajstić information content (AvgIpc) is 3.22. The van der Waals surface area contributed by atoms with Crippen LogP contribution in [0, 0.1) is 0 Å². The number of carbonyl (C=O) groups is 1. The van der Waals surface area contributed by atoms with Gasteiger partial charge in [0.1, 0.15) is 0 Å². The molecule has 2 heterocycles. The van der Waals surface area contributed by atoms with Gasteiger partial charge in [0.15, 0.2) is 0 Å². The highest BCUT2D eigenvalue weighted by atomic mass is 16.5. The molecular weight excluding hydrogens is 276 g/mol. The van der Waals surface area contributed by atoms with Crippen LogP contribution in [0.25, 0.3) is 10.9 Å². The van der Waals surface area contributed by atoms with Crippen LogP contribution in [0.3, 0.4) is 0 Å². The number of rotatable bonds is 2. The fourth-order valence-corrected chi connectivity index (χ4v) is 4.09. The molecule has 4 heteroatoms. The lowest BCUT2D eigenvalue weighted by Gasteiger charge is -2.21. The van der Waals surface area contributed by atoms with Crippen molar-refractivity contribution in [1.29, 1.82) is 0 Å². The molecule has 4 rings (SSSR count). The Balaban J connectivity index is 1.52. The Kier molecular flexibility index (Phi) is 3.22. The van der Waals surface area contributed by atoms with Gasteiger partial charge in [-0.3, -0.25) is 4.79 Å². The molecule has 0 radical (unpaired) electrons. The SMILES string of the molecule is Cn1cc(C(=O)N[C@@H]2COC3(CCCC3)C2)c2ccccc21. The summed E-state index contributed by atoms with van der Waals surface area (Å²) in [5.41, 5.74) is 1.89. The Morgan fingerprint density at radius 1 is 1.32 bits per heavy atom. The van der Waals surface area contributed by atoms with Gasteiger partial charge in [0.25, 0.3) is 5.91 Å². The van der Waals surface area contributed by atoms with Gasteiger partial charge >= 0.3 is 0 Å². The van der Waals surface area contributed by atoms with Gasteiger partial charge in [-0.2, -0.15) is 0 Å². The number of hydrogen-bond acceptors (Lipinski definition) is 2. The van der Waals surface area contributed by atoms with E-state index in [0.717, 1.165) is 35.7 Å². The largest absolute Gasteiger partial charge is 0.373 e. The summed E-state index contributed by atoms with van der Waals surface area (Å²) >= 11 is 0. The van der Waals surface area contributed by atoms with Crippen molar-refractivity contribution in [3.63, 3.8) is 0 Å². The standard InChI is InChI=1S/C18H22N2O2/c1-20-11-15(14-6-2-3-7-16(14)20)17(21)19-13-10-18(22-12-13)8-4-5-9-18/h2-3,6-7,11,13H,4-5,8-10,12H2,1H3,(H,19,21)/t13-/m0/s1. The third kappa shape index (κ3) is 2.22. The van der Waals surface area contributed by atoms with Gasteiger partial charge in [0.2, 0.25) is 0 Å². The van der Waals surface area contributed by atoms with E-state index in [9.17, 15) is 4.79 Å². The summed E-state index contributed by atoms with van der Waals surface area (Å²) < 4.78 is 8.03. The van der Waals surface area contributed by atoms with E-state index in [-0.39, 0.29) is 17.6 Å². The van der Waals surface area contributed by atoms with E-state index < -0.39 is 0 Å². The smallest absolute Gasteiger partial charge is 0.253 e. The molecule has 2 fully saturated rings. The van der Waals surface area contributed by atoms with Crippen LogP contribution in [0.5, 0.6) is 0 Å². The lowest BCUT2D eigenvalue weighted by molar-refractivity contribution is 0.00988.